The number of aromatic nitrogens is 2. The van der Waals surface area contributed by atoms with E-state index in [-0.39, 0.29) is 29.5 Å². The lowest BCUT2D eigenvalue weighted by Crippen LogP contribution is -2.43. The highest BCUT2D eigenvalue weighted by Gasteiger charge is 2.31. The molecule has 0 bridgehead atoms. The summed E-state index contributed by atoms with van der Waals surface area (Å²) in [5.74, 6) is -0.271. The van der Waals surface area contributed by atoms with E-state index in [9.17, 15) is 16.8 Å². The van der Waals surface area contributed by atoms with Crippen LogP contribution in [0.25, 0.3) is 0 Å². The molecular formula is C9H16N4O4S2. The minimum absolute atomic E-state index is 0.00721. The number of sulfonamides is 1. The predicted octanol–water partition coefficient (Wildman–Crippen LogP) is -1.74. The van der Waals surface area contributed by atoms with Crippen molar-refractivity contribution in [3.05, 3.63) is 12.4 Å². The number of nitrogens with two attached hydrogens (primary N) is 1. The monoisotopic (exact) mass is 308 g/mol. The second kappa shape index (κ2) is 5.19. The fourth-order valence-electron chi connectivity index (χ4n) is 1.82. The lowest BCUT2D eigenvalue weighted by atomic mass is 10.6. The van der Waals surface area contributed by atoms with E-state index in [1.165, 1.54) is 21.4 Å². The van der Waals surface area contributed by atoms with Crippen LogP contribution in [0, 0.1) is 0 Å². The van der Waals surface area contributed by atoms with Gasteiger partial charge in [-0.1, -0.05) is 0 Å². The van der Waals surface area contributed by atoms with Crippen LogP contribution in [0.4, 0.5) is 0 Å². The van der Waals surface area contributed by atoms with Crippen LogP contribution < -0.4 is 5.73 Å². The molecular weight excluding hydrogens is 292 g/mol. The Morgan fingerprint density at radius 2 is 1.95 bits per heavy atom. The first-order valence-corrected chi connectivity index (χ1v) is 9.04. The molecule has 1 fully saturated rings. The molecule has 1 aromatic heterocycles. The van der Waals surface area contributed by atoms with Gasteiger partial charge >= 0.3 is 0 Å². The third-order valence-electron chi connectivity index (χ3n) is 2.91. The summed E-state index contributed by atoms with van der Waals surface area (Å²) in [6.45, 7) is 0.784. The van der Waals surface area contributed by atoms with Gasteiger partial charge in [-0.05, 0) is 0 Å². The molecule has 108 valence electrons. The van der Waals surface area contributed by atoms with E-state index >= 15 is 0 Å². The molecule has 0 atom stereocenters. The van der Waals surface area contributed by atoms with Crippen molar-refractivity contribution in [1.29, 1.82) is 0 Å². The normalized spacial score (nSPS) is 20.5. The van der Waals surface area contributed by atoms with Crippen LogP contribution in [-0.4, -0.2) is 62.1 Å². The fraction of sp³-hybridized carbons (Fsp3) is 0.667. The van der Waals surface area contributed by atoms with Gasteiger partial charge in [-0.25, -0.2) is 16.8 Å². The molecule has 2 heterocycles. The molecule has 0 amide bonds. The summed E-state index contributed by atoms with van der Waals surface area (Å²) in [6, 6.07) is 0. The van der Waals surface area contributed by atoms with E-state index in [0.29, 0.717) is 13.1 Å². The topological polar surface area (TPSA) is 115 Å². The molecule has 0 aromatic carbocycles. The largest absolute Gasteiger partial charge is 0.329 e. The second-order valence-corrected chi connectivity index (χ2v) is 8.53. The Hall–Kier alpha value is -0.970. The number of nitrogens with zero attached hydrogens (tertiary/aromatic N) is 3. The average Bonchev–Trinajstić information content (AvgIpc) is 2.78. The quantitative estimate of drug-likeness (QED) is 0.706. The molecule has 0 aliphatic carbocycles. The smallest absolute Gasteiger partial charge is 0.246 e. The van der Waals surface area contributed by atoms with Crippen LogP contribution in [0.3, 0.4) is 0 Å². The molecule has 0 radical (unpaired) electrons. The standard InChI is InChI=1S/C9H16N4O4S2/c10-1-2-12-8-9(7-11-12)19(16,17)13-3-5-18(14,15)6-4-13/h7-8H,1-6,10H2. The molecule has 0 unspecified atom stereocenters. The molecule has 1 aliphatic rings. The lowest BCUT2D eigenvalue weighted by Gasteiger charge is -2.25. The Bertz CT molecular complexity index is 636. The molecule has 2 N–H and O–H groups in total. The van der Waals surface area contributed by atoms with Crippen LogP contribution in [0.5, 0.6) is 0 Å². The first-order valence-electron chi connectivity index (χ1n) is 5.78. The Labute approximate surface area is 112 Å². The van der Waals surface area contributed by atoms with E-state index in [4.69, 9.17) is 5.73 Å². The van der Waals surface area contributed by atoms with Gasteiger partial charge in [0, 0.05) is 25.8 Å². The zero-order valence-electron chi connectivity index (χ0n) is 10.3. The highest BCUT2D eigenvalue weighted by atomic mass is 32.2. The van der Waals surface area contributed by atoms with E-state index < -0.39 is 19.9 Å². The van der Waals surface area contributed by atoms with E-state index in [1.54, 1.807) is 0 Å². The molecule has 1 saturated heterocycles. The third-order valence-corrected chi connectivity index (χ3v) is 6.37. The van der Waals surface area contributed by atoms with E-state index in [2.05, 4.69) is 5.10 Å². The molecule has 2 rings (SSSR count). The van der Waals surface area contributed by atoms with Crippen molar-refractivity contribution in [2.75, 3.05) is 31.1 Å². The first kappa shape index (κ1) is 14.4. The molecule has 0 spiro atoms. The highest BCUT2D eigenvalue weighted by molar-refractivity contribution is 7.92. The van der Waals surface area contributed by atoms with Crippen LogP contribution in [-0.2, 0) is 26.4 Å². The van der Waals surface area contributed by atoms with Crippen LogP contribution in [0.2, 0.25) is 0 Å². The van der Waals surface area contributed by atoms with Crippen molar-refractivity contribution >= 4 is 19.9 Å². The van der Waals surface area contributed by atoms with Crippen molar-refractivity contribution in [3.63, 3.8) is 0 Å². The summed E-state index contributed by atoms with van der Waals surface area (Å²) in [5, 5.41) is 3.91. The number of rotatable bonds is 4. The SMILES string of the molecule is NCCn1cc(S(=O)(=O)N2CCS(=O)(=O)CC2)cn1. The van der Waals surface area contributed by atoms with Crippen molar-refractivity contribution in [1.82, 2.24) is 14.1 Å². The first-order chi connectivity index (χ1) is 8.85. The van der Waals surface area contributed by atoms with Gasteiger partial charge in [-0.3, -0.25) is 4.68 Å². The number of hydrogen-bond donors (Lipinski definition) is 1. The maximum Gasteiger partial charge on any atom is 0.246 e. The third kappa shape index (κ3) is 3.14. The van der Waals surface area contributed by atoms with Gasteiger partial charge in [0.05, 0.1) is 24.2 Å². The summed E-state index contributed by atoms with van der Waals surface area (Å²) < 4.78 is 49.7. The van der Waals surface area contributed by atoms with E-state index in [1.807, 2.05) is 0 Å². The number of hydrogen-bond acceptors (Lipinski definition) is 6. The minimum atomic E-state index is -3.66. The van der Waals surface area contributed by atoms with Crippen molar-refractivity contribution < 1.29 is 16.8 Å². The lowest BCUT2D eigenvalue weighted by molar-refractivity contribution is 0.430. The van der Waals surface area contributed by atoms with Crippen LogP contribution in [0.1, 0.15) is 0 Å². The maximum absolute atomic E-state index is 12.3. The van der Waals surface area contributed by atoms with Crippen molar-refractivity contribution in [2.24, 2.45) is 5.73 Å². The van der Waals surface area contributed by atoms with Crippen LogP contribution in [0.15, 0.2) is 17.3 Å². The summed E-state index contributed by atoms with van der Waals surface area (Å²) in [7, 11) is -6.77. The van der Waals surface area contributed by atoms with Crippen molar-refractivity contribution in [2.45, 2.75) is 11.4 Å². The van der Waals surface area contributed by atoms with Gasteiger partial charge in [0.2, 0.25) is 10.0 Å². The maximum atomic E-state index is 12.3. The van der Waals surface area contributed by atoms with Gasteiger partial charge in [0.25, 0.3) is 0 Å². The molecule has 0 saturated carbocycles. The zero-order valence-corrected chi connectivity index (χ0v) is 11.9. The molecule has 1 aromatic rings. The molecule has 10 heteroatoms. The molecule has 8 nitrogen and oxygen atoms in total. The minimum Gasteiger partial charge on any atom is -0.329 e. The van der Waals surface area contributed by atoms with Gasteiger partial charge in [-0.15, -0.1) is 0 Å². The highest BCUT2D eigenvalue weighted by Crippen LogP contribution is 2.17. The fourth-order valence-corrected chi connectivity index (χ4v) is 4.65. The average molecular weight is 308 g/mol. The van der Waals surface area contributed by atoms with Crippen molar-refractivity contribution in [3.8, 4) is 0 Å². The summed E-state index contributed by atoms with van der Waals surface area (Å²) in [5.41, 5.74) is 5.36. The Morgan fingerprint density at radius 3 is 2.53 bits per heavy atom. The van der Waals surface area contributed by atoms with Crippen LogP contribution >= 0.6 is 0 Å². The Morgan fingerprint density at radius 1 is 1.32 bits per heavy atom. The zero-order chi connectivity index (χ0) is 14.1. The summed E-state index contributed by atoms with van der Waals surface area (Å²) in [6.07, 6.45) is 2.67. The van der Waals surface area contributed by atoms with Gasteiger partial charge in [-0.2, -0.15) is 9.40 Å². The second-order valence-electron chi connectivity index (χ2n) is 4.28. The predicted molar refractivity (Wildman–Crippen MR) is 68.7 cm³/mol. The van der Waals surface area contributed by atoms with Gasteiger partial charge < -0.3 is 5.73 Å². The van der Waals surface area contributed by atoms with Gasteiger partial charge in [0.15, 0.2) is 9.84 Å². The van der Waals surface area contributed by atoms with Gasteiger partial charge in [0.1, 0.15) is 4.90 Å². The summed E-state index contributed by atoms with van der Waals surface area (Å²) in [4.78, 5) is 0.0697. The molecule has 19 heavy (non-hydrogen) atoms. The summed E-state index contributed by atoms with van der Waals surface area (Å²) >= 11 is 0. The Balaban J connectivity index is 2.18. The number of sulfone groups is 1. The Kier molecular flexibility index (Phi) is 3.95. The molecule has 1 aliphatic heterocycles. The van der Waals surface area contributed by atoms with E-state index in [0.717, 1.165) is 0 Å².